The van der Waals surface area contributed by atoms with Gasteiger partial charge in [-0.05, 0) is 19.4 Å². The van der Waals surface area contributed by atoms with Gasteiger partial charge in [0.05, 0.1) is 20.6 Å². The molecule has 0 aliphatic heterocycles. The minimum atomic E-state index is -0.156. The molecule has 0 aliphatic carbocycles. The zero-order chi connectivity index (χ0) is 15.7. The second-order valence-corrected chi connectivity index (χ2v) is 6.27. The molecule has 0 rings (SSSR count). The summed E-state index contributed by atoms with van der Waals surface area (Å²) in [6.07, 6.45) is 14.9. The van der Waals surface area contributed by atoms with E-state index < -0.39 is 0 Å². The molecule has 2 N–H and O–H groups in total. The van der Waals surface area contributed by atoms with Crippen LogP contribution in [0.2, 0.25) is 0 Å². The summed E-state index contributed by atoms with van der Waals surface area (Å²) in [5, 5.41) is 10.6. The van der Waals surface area contributed by atoms with Crippen LogP contribution in [0.15, 0.2) is 0 Å². The van der Waals surface area contributed by atoms with Crippen LogP contribution in [0.3, 0.4) is 0 Å². The van der Waals surface area contributed by atoms with Crippen LogP contribution in [0, 0.1) is 5.21 Å². The van der Waals surface area contributed by atoms with Crippen molar-refractivity contribution in [2.75, 3.05) is 27.2 Å². The second kappa shape index (κ2) is 16.9. The first kappa shape index (κ1) is 22.2. The van der Waals surface area contributed by atoms with Crippen LogP contribution in [0.5, 0.6) is 0 Å². The highest BCUT2D eigenvalue weighted by Gasteiger charge is 1.95. The van der Waals surface area contributed by atoms with E-state index in [1.807, 2.05) is 6.92 Å². The summed E-state index contributed by atoms with van der Waals surface area (Å²) in [7, 11) is 3.31. The van der Waals surface area contributed by atoms with Crippen molar-refractivity contribution in [1.82, 2.24) is 0 Å². The van der Waals surface area contributed by atoms with E-state index in [4.69, 9.17) is 5.73 Å². The summed E-state index contributed by atoms with van der Waals surface area (Å²) in [6.45, 7) is 5.88. The van der Waals surface area contributed by atoms with E-state index >= 15 is 0 Å². The van der Waals surface area contributed by atoms with Crippen LogP contribution < -0.4 is 5.73 Å². The molecule has 0 aromatic rings. The molecule has 0 bridgehead atoms. The number of unbranched alkanes of at least 4 members (excludes halogenated alkanes) is 9. The predicted octanol–water partition coefficient (Wildman–Crippen LogP) is 4.84. The Kier molecular flexibility index (Phi) is 18.8. The van der Waals surface area contributed by atoms with Gasteiger partial charge in [0.1, 0.15) is 0 Å². The highest BCUT2D eigenvalue weighted by atomic mass is 16.5. The topological polar surface area (TPSA) is 49.1 Å². The third-order valence-corrected chi connectivity index (χ3v) is 3.32. The van der Waals surface area contributed by atoms with E-state index in [1.165, 1.54) is 64.2 Å². The average molecular weight is 289 g/mol. The maximum Gasteiger partial charge on any atom is 0.0777 e. The number of hydroxylamine groups is 3. The first-order valence-corrected chi connectivity index (χ1v) is 8.72. The van der Waals surface area contributed by atoms with E-state index in [0.717, 1.165) is 19.5 Å². The van der Waals surface area contributed by atoms with Crippen LogP contribution in [0.4, 0.5) is 0 Å². The number of nitrogens with two attached hydrogens (primary N) is 1. The van der Waals surface area contributed by atoms with Gasteiger partial charge in [-0.2, -0.15) is 0 Å². The highest BCUT2D eigenvalue weighted by molar-refractivity contribution is 4.47. The van der Waals surface area contributed by atoms with E-state index in [1.54, 1.807) is 14.1 Å². The Balaban J connectivity index is 0. The van der Waals surface area contributed by atoms with Gasteiger partial charge in [-0.15, -0.1) is 0 Å². The van der Waals surface area contributed by atoms with Crippen molar-refractivity contribution in [1.29, 1.82) is 0 Å². The van der Waals surface area contributed by atoms with Crippen LogP contribution >= 0.6 is 0 Å². The summed E-state index contributed by atoms with van der Waals surface area (Å²) >= 11 is 0. The van der Waals surface area contributed by atoms with Crippen molar-refractivity contribution >= 4 is 0 Å². The highest BCUT2D eigenvalue weighted by Crippen LogP contribution is 2.09. The molecule has 0 amide bonds. The molecule has 0 unspecified atom stereocenters. The molecule has 0 saturated carbocycles. The Labute approximate surface area is 128 Å². The lowest BCUT2D eigenvalue weighted by Crippen LogP contribution is -2.32. The molecule has 124 valence electrons. The molecule has 0 aliphatic rings. The van der Waals surface area contributed by atoms with Gasteiger partial charge in [0, 0.05) is 0 Å². The Hall–Kier alpha value is -0.120. The van der Waals surface area contributed by atoms with Crippen molar-refractivity contribution in [2.45, 2.75) is 84.5 Å². The lowest BCUT2D eigenvalue weighted by Gasteiger charge is -2.33. The number of nitrogens with zero attached hydrogens (tertiary/aromatic N) is 1. The smallest absolute Gasteiger partial charge is 0.0777 e. The van der Waals surface area contributed by atoms with Gasteiger partial charge in [-0.25, -0.2) is 0 Å². The minimum Gasteiger partial charge on any atom is -0.633 e. The normalized spacial score (nSPS) is 11.1. The third-order valence-electron chi connectivity index (χ3n) is 3.32. The summed E-state index contributed by atoms with van der Waals surface area (Å²) < 4.78 is -0.156. The fraction of sp³-hybridized carbons (Fsp3) is 1.00. The fourth-order valence-electron chi connectivity index (χ4n) is 2.17. The van der Waals surface area contributed by atoms with Crippen LogP contribution in [0.25, 0.3) is 0 Å². The first-order chi connectivity index (χ1) is 9.47. The summed E-state index contributed by atoms with van der Waals surface area (Å²) in [4.78, 5) is 0. The summed E-state index contributed by atoms with van der Waals surface area (Å²) in [5.41, 5.74) is 5.42. The van der Waals surface area contributed by atoms with E-state index in [0.29, 0.717) is 0 Å². The molecule has 0 saturated heterocycles. The SMILES string of the molecule is CCCCCCCCCCCCN.CCC[N+](C)(C)[O-]. The number of rotatable bonds is 12. The molecule has 0 atom stereocenters. The zero-order valence-corrected chi connectivity index (χ0v) is 14.6. The van der Waals surface area contributed by atoms with Gasteiger partial charge >= 0.3 is 0 Å². The molecule has 20 heavy (non-hydrogen) atoms. The zero-order valence-electron chi connectivity index (χ0n) is 14.6. The molecular weight excluding hydrogens is 248 g/mol. The predicted molar refractivity (Wildman–Crippen MR) is 91.5 cm³/mol. The molecule has 0 fully saturated rings. The molecule has 0 spiro atoms. The van der Waals surface area contributed by atoms with E-state index in [-0.39, 0.29) is 4.65 Å². The number of quaternary nitrogens is 1. The minimum absolute atomic E-state index is 0.156. The van der Waals surface area contributed by atoms with Crippen molar-refractivity contribution in [2.24, 2.45) is 5.73 Å². The monoisotopic (exact) mass is 288 g/mol. The lowest BCUT2D eigenvalue weighted by molar-refractivity contribution is -0.839. The van der Waals surface area contributed by atoms with Crippen LogP contribution in [0.1, 0.15) is 84.5 Å². The Morgan fingerprint density at radius 2 is 1.10 bits per heavy atom. The van der Waals surface area contributed by atoms with Crippen LogP contribution in [-0.2, 0) is 0 Å². The maximum atomic E-state index is 10.6. The Morgan fingerprint density at radius 3 is 1.35 bits per heavy atom. The van der Waals surface area contributed by atoms with Crippen molar-refractivity contribution in [3.05, 3.63) is 5.21 Å². The van der Waals surface area contributed by atoms with E-state index in [2.05, 4.69) is 6.92 Å². The van der Waals surface area contributed by atoms with Gasteiger partial charge in [-0.1, -0.05) is 71.6 Å². The summed E-state index contributed by atoms with van der Waals surface area (Å²) in [6, 6.07) is 0. The largest absolute Gasteiger partial charge is 0.633 e. The van der Waals surface area contributed by atoms with Gasteiger partial charge in [0.25, 0.3) is 0 Å². The molecule has 3 nitrogen and oxygen atoms in total. The number of hydrogen-bond donors (Lipinski definition) is 1. The van der Waals surface area contributed by atoms with Crippen molar-refractivity contribution in [3.63, 3.8) is 0 Å². The molecule has 0 aromatic heterocycles. The molecular formula is C17H40N2O. The lowest BCUT2D eigenvalue weighted by atomic mass is 10.1. The van der Waals surface area contributed by atoms with Gasteiger partial charge in [0.15, 0.2) is 0 Å². The second-order valence-electron chi connectivity index (χ2n) is 6.27. The van der Waals surface area contributed by atoms with E-state index in [9.17, 15) is 5.21 Å². The maximum absolute atomic E-state index is 10.6. The molecule has 0 heterocycles. The van der Waals surface area contributed by atoms with Crippen molar-refractivity contribution in [3.8, 4) is 0 Å². The van der Waals surface area contributed by atoms with Crippen molar-refractivity contribution < 1.29 is 4.65 Å². The third kappa shape index (κ3) is 26.4. The standard InChI is InChI=1S/C12H27N.C5H13NO/c1-2-3-4-5-6-7-8-9-10-11-12-13;1-4-5-6(2,3)7/h2-13H2,1H3;4-5H2,1-3H3. The van der Waals surface area contributed by atoms with Gasteiger partial charge in [0.2, 0.25) is 0 Å². The van der Waals surface area contributed by atoms with Gasteiger partial charge in [-0.3, -0.25) is 0 Å². The summed E-state index contributed by atoms with van der Waals surface area (Å²) in [5.74, 6) is 0. The number of hydrogen-bond acceptors (Lipinski definition) is 2. The molecule has 0 aromatic carbocycles. The van der Waals surface area contributed by atoms with Gasteiger partial charge < -0.3 is 15.6 Å². The fourth-order valence-corrected chi connectivity index (χ4v) is 2.17. The van der Waals surface area contributed by atoms with Crippen LogP contribution in [-0.4, -0.2) is 31.8 Å². The molecule has 0 radical (unpaired) electrons. The first-order valence-electron chi connectivity index (χ1n) is 8.72. The Bertz CT molecular complexity index is 157. The average Bonchev–Trinajstić information content (AvgIpc) is 2.36. The quantitative estimate of drug-likeness (QED) is 0.317. The molecule has 3 heteroatoms. The Morgan fingerprint density at radius 1 is 0.700 bits per heavy atom.